The molecule has 0 spiro atoms. The van der Waals surface area contributed by atoms with Gasteiger partial charge in [0.1, 0.15) is 6.10 Å². The minimum absolute atomic E-state index is 0.579. The highest BCUT2D eigenvalue weighted by Crippen LogP contribution is 2.29. The Morgan fingerprint density at radius 3 is 2.18 bits per heavy atom. The van der Waals surface area contributed by atoms with Crippen LogP contribution in [0.1, 0.15) is 28.4 Å². The van der Waals surface area contributed by atoms with Gasteiger partial charge in [-0.3, -0.25) is 0 Å². The molecule has 0 amide bonds. The summed E-state index contributed by atoms with van der Waals surface area (Å²) in [6.07, 6.45) is -0.579. The van der Waals surface area contributed by atoms with Gasteiger partial charge in [0.05, 0.1) is 0 Å². The maximum Gasteiger partial charge on any atom is 0.105 e. The molecule has 0 aromatic heterocycles. The Kier molecular flexibility index (Phi) is 3.65. The molecule has 0 aliphatic carbocycles. The lowest BCUT2D eigenvalue weighted by atomic mass is 9.98. The Morgan fingerprint density at radius 2 is 1.59 bits per heavy atom. The van der Waals surface area contributed by atoms with Gasteiger partial charge in [-0.2, -0.15) is 0 Å². The van der Waals surface area contributed by atoms with Crippen LogP contribution in [0.3, 0.4) is 0 Å². The molecule has 17 heavy (non-hydrogen) atoms. The molecule has 0 saturated carbocycles. The molecule has 0 heterocycles. The van der Waals surface area contributed by atoms with E-state index >= 15 is 0 Å². The molecule has 2 heteroatoms. The van der Waals surface area contributed by atoms with E-state index in [-0.39, 0.29) is 0 Å². The van der Waals surface area contributed by atoms with Crippen LogP contribution in [-0.4, -0.2) is 5.11 Å². The molecule has 0 aliphatic heterocycles. The summed E-state index contributed by atoms with van der Waals surface area (Å²) in [6.45, 7) is 4.09. The van der Waals surface area contributed by atoms with Crippen LogP contribution < -0.4 is 0 Å². The van der Waals surface area contributed by atoms with Gasteiger partial charge in [0.15, 0.2) is 0 Å². The second kappa shape index (κ2) is 5.03. The fourth-order valence-electron chi connectivity index (χ4n) is 2.04. The van der Waals surface area contributed by atoms with E-state index in [1.807, 2.05) is 50.2 Å². The molecule has 0 aliphatic rings. The molecular weight excluding hydrogens is 276 g/mol. The zero-order valence-corrected chi connectivity index (χ0v) is 11.5. The molecule has 2 aromatic rings. The molecule has 0 saturated heterocycles. The maximum atomic E-state index is 10.4. The van der Waals surface area contributed by atoms with E-state index in [0.717, 1.165) is 15.6 Å². The van der Waals surface area contributed by atoms with Gasteiger partial charge >= 0.3 is 0 Å². The maximum absolute atomic E-state index is 10.4. The number of halogens is 1. The van der Waals surface area contributed by atoms with E-state index in [1.54, 1.807) is 0 Å². The smallest absolute Gasteiger partial charge is 0.105 e. The first-order valence-corrected chi connectivity index (χ1v) is 6.38. The van der Waals surface area contributed by atoms with Gasteiger partial charge in [0, 0.05) is 4.47 Å². The average Bonchev–Trinajstić information content (AvgIpc) is 2.27. The number of aliphatic hydroxyl groups is 1. The van der Waals surface area contributed by atoms with E-state index < -0.39 is 6.10 Å². The van der Waals surface area contributed by atoms with Gasteiger partial charge < -0.3 is 5.11 Å². The van der Waals surface area contributed by atoms with Crippen LogP contribution in [0.5, 0.6) is 0 Å². The fourth-order valence-corrected chi connectivity index (χ4v) is 2.55. The van der Waals surface area contributed by atoms with Crippen molar-refractivity contribution in [2.75, 3.05) is 0 Å². The highest BCUT2D eigenvalue weighted by atomic mass is 79.9. The Morgan fingerprint density at radius 1 is 1.00 bits per heavy atom. The molecule has 2 rings (SSSR count). The zero-order valence-electron chi connectivity index (χ0n) is 9.94. The van der Waals surface area contributed by atoms with Crippen molar-refractivity contribution >= 4 is 15.9 Å². The first kappa shape index (κ1) is 12.3. The van der Waals surface area contributed by atoms with E-state index in [1.165, 1.54) is 11.1 Å². The second-order valence-corrected chi connectivity index (χ2v) is 5.20. The molecule has 0 bridgehead atoms. The normalized spacial score (nSPS) is 12.5. The summed E-state index contributed by atoms with van der Waals surface area (Å²) in [5.74, 6) is 0. The predicted octanol–water partition coefficient (Wildman–Crippen LogP) is 4.15. The second-order valence-electron chi connectivity index (χ2n) is 4.35. The van der Waals surface area contributed by atoms with Gasteiger partial charge in [0.2, 0.25) is 0 Å². The Hall–Kier alpha value is -1.12. The number of hydrogen-bond donors (Lipinski definition) is 1. The predicted molar refractivity (Wildman–Crippen MR) is 74.1 cm³/mol. The van der Waals surface area contributed by atoms with Gasteiger partial charge in [0.25, 0.3) is 0 Å². The van der Waals surface area contributed by atoms with Crippen LogP contribution in [-0.2, 0) is 0 Å². The van der Waals surface area contributed by atoms with Crippen molar-refractivity contribution < 1.29 is 5.11 Å². The number of rotatable bonds is 2. The van der Waals surface area contributed by atoms with Gasteiger partial charge in [-0.25, -0.2) is 0 Å². The summed E-state index contributed by atoms with van der Waals surface area (Å²) in [4.78, 5) is 0. The van der Waals surface area contributed by atoms with Crippen LogP contribution in [0, 0.1) is 13.8 Å². The molecule has 0 fully saturated rings. The van der Waals surface area contributed by atoms with Crippen molar-refractivity contribution in [3.63, 3.8) is 0 Å². The first-order valence-electron chi connectivity index (χ1n) is 5.58. The number of benzene rings is 2. The minimum Gasteiger partial charge on any atom is -0.384 e. The first-order chi connectivity index (χ1) is 8.08. The molecule has 1 atom stereocenters. The topological polar surface area (TPSA) is 20.2 Å². The van der Waals surface area contributed by atoms with Crippen molar-refractivity contribution in [2.24, 2.45) is 0 Å². The highest BCUT2D eigenvalue weighted by molar-refractivity contribution is 9.10. The SMILES string of the molecule is Cc1cc(C)cc([C@@H](O)c2ccccc2Br)c1. The third kappa shape index (κ3) is 2.76. The van der Waals surface area contributed by atoms with Gasteiger partial charge in [-0.05, 0) is 31.0 Å². The van der Waals surface area contributed by atoms with E-state index in [4.69, 9.17) is 0 Å². The standard InChI is InChI=1S/C15H15BrO/c1-10-7-11(2)9-12(8-10)15(17)13-5-3-4-6-14(13)16/h3-9,15,17H,1-2H3/t15-/m1/s1. The van der Waals surface area contributed by atoms with Crippen LogP contribution in [0.25, 0.3) is 0 Å². The Bertz CT molecular complexity index is 514. The molecule has 88 valence electrons. The molecular formula is C15H15BrO. The van der Waals surface area contributed by atoms with Crippen LogP contribution >= 0.6 is 15.9 Å². The fraction of sp³-hybridized carbons (Fsp3) is 0.200. The summed E-state index contributed by atoms with van der Waals surface area (Å²) < 4.78 is 0.937. The molecule has 1 nitrogen and oxygen atoms in total. The lowest BCUT2D eigenvalue weighted by Gasteiger charge is -2.14. The summed E-state index contributed by atoms with van der Waals surface area (Å²) in [7, 11) is 0. The quantitative estimate of drug-likeness (QED) is 0.881. The van der Waals surface area contributed by atoms with Gasteiger partial charge in [-0.15, -0.1) is 0 Å². The third-order valence-electron chi connectivity index (χ3n) is 2.76. The van der Waals surface area contributed by atoms with Gasteiger partial charge in [-0.1, -0.05) is 63.5 Å². The molecule has 0 unspecified atom stereocenters. The largest absolute Gasteiger partial charge is 0.384 e. The van der Waals surface area contributed by atoms with Crippen LogP contribution in [0.2, 0.25) is 0 Å². The van der Waals surface area contributed by atoms with Crippen LogP contribution in [0.4, 0.5) is 0 Å². The van der Waals surface area contributed by atoms with E-state index in [2.05, 4.69) is 22.0 Å². The monoisotopic (exact) mass is 290 g/mol. The number of aliphatic hydroxyl groups excluding tert-OH is 1. The molecule has 0 radical (unpaired) electrons. The average molecular weight is 291 g/mol. The summed E-state index contributed by atoms with van der Waals surface area (Å²) >= 11 is 3.47. The van der Waals surface area contributed by atoms with E-state index in [0.29, 0.717) is 0 Å². The Labute approximate surface area is 110 Å². The number of hydrogen-bond acceptors (Lipinski definition) is 1. The summed E-state index contributed by atoms with van der Waals surface area (Å²) in [5, 5.41) is 10.4. The zero-order chi connectivity index (χ0) is 12.4. The minimum atomic E-state index is -0.579. The number of aryl methyl sites for hydroxylation is 2. The highest BCUT2D eigenvalue weighted by Gasteiger charge is 2.13. The summed E-state index contributed by atoms with van der Waals surface area (Å²) in [5.41, 5.74) is 4.18. The Balaban J connectivity index is 2.43. The van der Waals surface area contributed by atoms with E-state index in [9.17, 15) is 5.11 Å². The summed E-state index contributed by atoms with van der Waals surface area (Å²) in [6, 6.07) is 13.9. The third-order valence-corrected chi connectivity index (χ3v) is 3.48. The van der Waals surface area contributed by atoms with Crippen molar-refractivity contribution in [1.29, 1.82) is 0 Å². The molecule has 2 aromatic carbocycles. The lowest BCUT2D eigenvalue weighted by Crippen LogP contribution is -2.01. The van der Waals surface area contributed by atoms with Crippen molar-refractivity contribution in [2.45, 2.75) is 20.0 Å². The van der Waals surface area contributed by atoms with Crippen molar-refractivity contribution in [1.82, 2.24) is 0 Å². The van der Waals surface area contributed by atoms with Crippen LogP contribution in [0.15, 0.2) is 46.9 Å². The van der Waals surface area contributed by atoms with Crippen molar-refractivity contribution in [3.05, 3.63) is 69.2 Å². The lowest BCUT2D eigenvalue weighted by molar-refractivity contribution is 0.219. The molecule has 1 N–H and O–H groups in total. The van der Waals surface area contributed by atoms with Crippen molar-refractivity contribution in [3.8, 4) is 0 Å².